The molecule has 3 aromatic rings. The maximum atomic E-state index is 12.6. The lowest BCUT2D eigenvalue weighted by Gasteiger charge is -2.27. The van der Waals surface area contributed by atoms with Crippen LogP contribution in [0.15, 0.2) is 65.0 Å². The molecule has 0 saturated carbocycles. The number of fused-ring (bicyclic) bond motifs is 1. The number of hydrogen-bond acceptors (Lipinski definition) is 7. The number of allylic oxidation sites excluding steroid dienone is 1. The first-order valence-corrected chi connectivity index (χ1v) is 11.5. The zero-order valence-electron chi connectivity index (χ0n) is 18.0. The molecule has 9 heteroatoms. The molecule has 1 unspecified atom stereocenters. The zero-order chi connectivity index (χ0) is 22.7. The van der Waals surface area contributed by atoms with Gasteiger partial charge in [0.15, 0.2) is 0 Å². The molecular formula is C23H23ClN4O3S. The summed E-state index contributed by atoms with van der Waals surface area (Å²) in [4.78, 5) is 17.2. The van der Waals surface area contributed by atoms with E-state index in [1.807, 2.05) is 62.4 Å². The number of rotatable bonds is 7. The van der Waals surface area contributed by atoms with Crippen molar-refractivity contribution >= 4 is 35.3 Å². The highest BCUT2D eigenvalue weighted by atomic mass is 35.5. The lowest BCUT2D eigenvalue weighted by Crippen LogP contribution is -2.29. The van der Waals surface area contributed by atoms with Crippen LogP contribution >= 0.6 is 23.4 Å². The Labute approximate surface area is 195 Å². The van der Waals surface area contributed by atoms with E-state index in [4.69, 9.17) is 21.1 Å². The highest BCUT2D eigenvalue weighted by Crippen LogP contribution is 2.37. The number of nitrogens with one attached hydrogen (secondary N) is 1. The highest BCUT2D eigenvalue weighted by Gasteiger charge is 2.34. The molecule has 1 atom stereocenters. The number of nitrogens with zero attached hydrogens (tertiary/aromatic N) is 3. The van der Waals surface area contributed by atoms with Gasteiger partial charge in [0.2, 0.25) is 11.1 Å². The molecular weight excluding hydrogens is 448 g/mol. The average molecular weight is 471 g/mol. The third-order valence-electron chi connectivity index (χ3n) is 5.03. The van der Waals surface area contributed by atoms with Gasteiger partial charge in [0.05, 0.1) is 12.7 Å². The van der Waals surface area contributed by atoms with Crippen molar-refractivity contribution in [2.24, 2.45) is 0 Å². The van der Waals surface area contributed by atoms with Gasteiger partial charge in [0.1, 0.15) is 18.4 Å². The quantitative estimate of drug-likeness (QED) is 0.381. The molecule has 2 heterocycles. The van der Waals surface area contributed by atoms with E-state index in [0.29, 0.717) is 34.0 Å². The number of hydrogen-bond donors (Lipinski definition) is 1. The number of aromatic nitrogens is 3. The van der Waals surface area contributed by atoms with Gasteiger partial charge >= 0.3 is 5.97 Å². The summed E-state index contributed by atoms with van der Waals surface area (Å²) in [7, 11) is 1.38. The molecule has 2 aromatic carbocycles. The van der Waals surface area contributed by atoms with Crippen molar-refractivity contribution in [1.29, 1.82) is 0 Å². The number of ether oxygens (including phenoxy) is 2. The number of benzene rings is 2. The summed E-state index contributed by atoms with van der Waals surface area (Å²) in [5.41, 5.74) is 3.09. The van der Waals surface area contributed by atoms with Crippen LogP contribution in [0.1, 0.15) is 31.0 Å². The fourth-order valence-electron chi connectivity index (χ4n) is 3.50. The van der Waals surface area contributed by atoms with Gasteiger partial charge in [-0.1, -0.05) is 54.6 Å². The summed E-state index contributed by atoms with van der Waals surface area (Å²) in [6.45, 7) is 4.32. The number of anilines is 1. The van der Waals surface area contributed by atoms with E-state index >= 15 is 0 Å². The number of thioether (sulfide) groups is 1. The van der Waals surface area contributed by atoms with Crippen LogP contribution in [-0.2, 0) is 16.1 Å². The standard InChI is InChI=1S/C23H23ClN4O3S/c1-4-32-23-26-22-25-14(2)19(21(29)30-3)20(28(22)27-23)16-7-11-18(12-8-16)31-13-15-5-9-17(24)10-6-15/h5-12,20H,4,13H2,1-3H3,(H,25,26,27). The van der Waals surface area contributed by atoms with Crippen molar-refractivity contribution < 1.29 is 14.3 Å². The Balaban J connectivity index is 1.62. The Morgan fingerprint density at radius 3 is 2.56 bits per heavy atom. The molecule has 1 N–H and O–H groups in total. The minimum Gasteiger partial charge on any atom is -0.489 e. The number of carbonyl (C=O) groups is 1. The molecule has 1 aromatic heterocycles. The molecule has 0 aliphatic carbocycles. The Morgan fingerprint density at radius 1 is 1.19 bits per heavy atom. The number of halogens is 1. The third kappa shape index (κ3) is 4.61. The van der Waals surface area contributed by atoms with Crippen molar-refractivity contribution in [3.63, 3.8) is 0 Å². The molecule has 1 aliphatic heterocycles. The van der Waals surface area contributed by atoms with Gasteiger partial charge in [-0.25, -0.2) is 9.48 Å². The van der Waals surface area contributed by atoms with E-state index in [2.05, 4.69) is 15.4 Å². The smallest absolute Gasteiger partial charge is 0.338 e. The predicted octanol–water partition coefficient (Wildman–Crippen LogP) is 5.08. The Hall–Kier alpha value is -2.97. The lowest BCUT2D eigenvalue weighted by molar-refractivity contribution is -0.136. The van der Waals surface area contributed by atoms with E-state index < -0.39 is 12.0 Å². The van der Waals surface area contributed by atoms with Crippen LogP contribution in [0.25, 0.3) is 0 Å². The van der Waals surface area contributed by atoms with Gasteiger partial charge in [0, 0.05) is 10.7 Å². The molecule has 0 bridgehead atoms. The number of carbonyl (C=O) groups excluding carboxylic acids is 1. The second-order valence-corrected chi connectivity index (χ2v) is 8.81. The predicted molar refractivity (Wildman–Crippen MR) is 125 cm³/mol. The van der Waals surface area contributed by atoms with Crippen LogP contribution < -0.4 is 10.1 Å². The van der Waals surface area contributed by atoms with Crippen LogP contribution in [0.3, 0.4) is 0 Å². The van der Waals surface area contributed by atoms with E-state index in [-0.39, 0.29) is 0 Å². The van der Waals surface area contributed by atoms with Gasteiger partial charge < -0.3 is 14.8 Å². The summed E-state index contributed by atoms with van der Waals surface area (Å²) in [5, 5.41) is 9.15. The van der Waals surface area contributed by atoms with Gasteiger partial charge in [-0.3, -0.25) is 0 Å². The second kappa shape index (κ2) is 9.67. The minimum atomic E-state index is -0.456. The Morgan fingerprint density at radius 2 is 1.91 bits per heavy atom. The fourth-order valence-corrected chi connectivity index (χ4v) is 4.18. The van der Waals surface area contributed by atoms with Crippen molar-refractivity contribution in [2.75, 3.05) is 18.2 Å². The maximum Gasteiger partial charge on any atom is 0.338 e. The molecule has 0 radical (unpaired) electrons. The van der Waals surface area contributed by atoms with Gasteiger partial charge in [-0.2, -0.15) is 4.98 Å². The van der Waals surface area contributed by atoms with E-state index in [0.717, 1.165) is 22.6 Å². The molecule has 0 fully saturated rings. The van der Waals surface area contributed by atoms with Gasteiger partial charge in [0.25, 0.3) is 0 Å². The molecule has 0 amide bonds. The van der Waals surface area contributed by atoms with Crippen molar-refractivity contribution in [3.8, 4) is 5.75 Å². The molecule has 7 nitrogen and oxygen atoms in total. The largest absolute Gasteiger partial charge is 0.489 e. The second-order valence-electron chi connectivity index (χ2n) is 7.14. The molecule has 0 spiro atoms. The normalized spacial score (nSPS) is 15.2. The summed E-state index contributed by atoms with van der Waals surface area (Å²) < 4.78 is 12.7. The van der Waals surface area contributed by atoms with Crippen molar-refractivity contribution in [3.05, 3.63) is 76.0 Å². The Kier molecular flexibility index (Phi) is 6.72. The first-order chi connectivity index (χ1) is 15.5. The third-order valence-corrected chi connectivity index (χ3v) is 6.00. The topological polar surface area (TPSA) is 78.3 Å². The average Bonchev–Trinajstić information content (AvgIpc) is 3.20. The first-order valence-electron chi connectivity index (χ1n) is 10.1. The van der Waals surface area contributed by atoms with E-state index in [1.54, 1.807) is 16.4 Å². The molecule has 166 valence electrons. The van der Waals surface area contributed by atoms with Crippen LogP contribution in [-0.4, -0.2) is 33.6 Å². The van der Waals surface area contributed by atoms with Crippen LogP contribution in [0, 0.1) is 0 Å². The van der Waals surface area contributed by atoms with Gasteiger partial charge in [-0.05, 0) is 48.1 Å². The highest BCUT2D eigenvalue weighted by molar-refractivity contribution is 7.99. The molecule has 1 aliphatic rings. The minimum absolute atomic E-state index is 0.408. The number of methoxy groups -OCH3 is 1. The zero-order valence-corrected chi connectivity index (χ0v) is 19.5. The fraction of sp³-hybridized carbons (Fsp3) is 0.261. The summed E-state index contributed by atoms with van der Waals surface area (Å²) in [6.07, 6.45) is 0. The van der Waals surface area contributed by atoms with Crippen molar-refractivity contribution in [1.82, 2.24) is 14.8 Å². The van der Waals surface area contributed by atoms with Crippen LogP contribution in [0.2, 0.25) is 5.02 Å². The summed E-state index contributed by atoms with van der Waals surface area (Å²) >= 11 is 7.48. The molecule has 32 heavy (non-hydrogen) atoms. The molecule has 4 rings (SSSR count). The Bertz CT molecular complexity index is 1140. The lowest BCUT2D eigenvalue weighted by atomic mass is 9.96. The SMILES string of the molecule is CCSc1nc2n(n1)C(c1ccc(OCc3ccc(Cl)cc3)cc1)C(C(=O)OC)=C(C)N2. The van der Waals surface area contributed by atoms with E-state index in [1.165, 1.54) is 7.11 Å². The maximum absolute atomic E-state index is 12.6. The molecule has 0 saturated heterocycles. The summed E-state index contributed by atoms with van der Waals surface area (Å²) in [5.74, 6) is 1.76. The summed E-state index contributed by atoms with van der Waals surface area (Å²) in [6, 6.07) is 14.7. The van der Waals surface area contributed by atoms with Crippen LogP contribution in [0.4, 0.5) is 5.95 Å². The first kappa shape index (κ1) is 22.2. The monoisotopic (exact) mass is 470 g/mol. The van der Waals surface area contributed by atoms with Crippen LogP contribution in [0.5, 0.6) is 5.75 Å². The number of esters is 1. The van der Waals surface area contributed by atoms with Crippen molar-refractivity contribution in [2.45, 2.75) is 31.7 Å². The van der Waals surface area contributed by atoms with E-state index in [9.17, 15) is 4.79 Å². The van der Waals surface area contributed by atoms with Gasteiger partial charge in [-0.15, -0.1) is 5.10 Å².